The second kappa shape index (κ2) is 8.00. The van der Waals surface area contributed by atoms with E-state index < -0.39 is 0 Å². The van der Waals surface area contributed by atoms with E-state index in [1.54, 1.807) is 12.1 Å². The van der Waals surface area contributed by atoms with Crippen LogP contribution < -0.4 is 5.32 Å². The number of rotatable bonds is 4. The van der Waals surface area contributed by atoms with E-state index in [9.17, 15) is 4.79 Å². The van der Waals surface area contributed by atoms with Gasteiger partial charge in [0, 0.05) is 16.6 Å². The van der Waals surface area contributed by atoms with Crippen LogP contribution in [0.3, 0.4) is 0 Å². The number of hydrogen-bond acceptors (Lipinski definition) is 3. The van der Waals surface area contributed by atoms with Gasteiger partial charge in [-0.25, -0.2) is 0 Å². The maximum absolute atomic E-state index is 12.8. The average Bonchev–Trinajstić information content (AvgIpc) is 2.89. The molecule has 6 heteroatoms. The SMILES string of the molecule is CC(C(=O)Nc1ccc(Cl)cc1)C1CC2C=C(B3OC(C)(C)C(C)(C)O3)CC(C2)C1. The van der Waals surface area contributed by atoms with Crippen molar-refractivity contribution >= 4 is 30.3 Å². The van der Waals surface area contributed by atoms with Crippen LogP contribution in [-0.4, -0.2) is 24.2 Å². The molecule has 1 heterocycles. The van der Waals surface area contributed by atoms with Gasteiger partial charge in [-0.3, -0.25) is 4.79 Å². The van der Waals surface area contributed by atoms with Crippen molar-refractivity contribution in [2.75, 3.05) is 5.32 Å². The second-order valence-electron chi connectivity index (χ2n) is 10.4. The van der Waals surface area contributed by atoms with Gasteiger partial charge in [-0.1, -0.05) is 24.6 Å². The first kappa shape index (κ1) is 21.9. The number of allylic oxidation sites excluding steroid dienone is 2. The lowest BCUT2D eigenvalue weighted by molar-refractivity contribution is -0.121. The fourth-order valence-electron chi connectivity index (χ4n) is 5.12. The highest BCUT2D eigenvalue weighted by atomic mass is 35.5. The number of nitrogens with one attached hydrogen (secondary N) is 1. The molecule has 4 atom stereocenters. The Morgan fingerprint density at radius 2 is 1.73 bits per heavy atom. The smallest absolute Gasteiger partial charge is 0.400 e. The van der Waals surface area contributed by atoms with Gasteiger partial charge in [-0.05, 0) is 101 Å². The largest absolute Gasteiger partial charge is 0.490 e. The molecule has 4 rings (SSSR count). The van der Waals surface area contributed by atoms with Crippen molar-refractivity contribution in [2.24, 2.45) is 23.7 Å². The van der Waals surface area contributed by atoms with Crippen LogP contribution in [-0.2, 0) is 14.1 Å². The molecule has 1 aliphatic heterocycles. The quantitative estimate of drug-likeness (QED) is 0.605. The Kier molecular flexibility index (Phi) is 5.84. The summed E-state index contributed by atoms with van der Waals surface area (Å²) in [5.41, 5.74) is 1.49. The molecule has 0 radical (unpaired) electrons. The summed E-state index contributed by atoms with van der Waals surface area (Å²) >= 11 is 5.94. The molecule has 2 bridgehead atoms. The lowest BCUT2D eigenvalue weighted by atomic mass is 9.60. The average molecular weight is 430 g/mol. The van der Waals surface area contributed by atoms with E-state index in [-0.39, 0.29) is 30.1 Å². The molecule has 4 unspecified atom stereocenters. The fourth-order valence-corrected chi connectivity index (χ4v) is 5.25. The molecular weight excluding hydrogens is 397 g/mol. The number of hydrogen-bond donors (Lipinski definition) is 1. The minimum absolute atomic E-state index is 0.0159. The van der Waals surface area contributed by atoms with Crippen LogP contribution >= 0.6 is 11.6 Å². The van der Waals surface area contributed by atoms with Crippen molar-refractivity contribution in [1.82, 2.24) is 0 Å². The molecule has 162 valence electrons. The highest BCUT2D eigenvalue weighted by molar-refractivity contribution is 6.54. The van der Waals surface area contributed by atoms with Gasteiger partial charge in [0.1, 0.15) is 0 Å². The van der Waals surface area contributed by atoms with Crippen LogP contribution in [0, 0.1) is 23.7 Å². The van der Waals surface area contributed by atoms with Gasteiger partial charge in [0.2, 0.25) is 5.91 Å². The van der Waals surface area contributed by atoms with Crippen molar-refractivity contribution in [2.45, 2.75) is 71.5 Å². The Balaban J connectivity index is 1.40. The molecule has 1 N–H and O–H groups in total. The van der Waals surface area contributed by atoms with E-state index in [0.29, 0.717) is 22.8 Å². The van der Waals surface area contributed by atoms with Gasteiger partial charge >= 0.3 is 7.12 Å². The molecule has 2 aliphatic carbocycles. The number of carbonyl (C=O) groups is 1. The van der Waals surface area contributed by atoms with Gasteiger partial charge in [0.15, 0.2) is 0 Å². The van der Waals surface area contributed by atoms with E-state index in [0.717, 1.165) is 24.9 Å². The van der Waals surface area contributed by atoms with Gasteiger partial charge in [0.05, 0.1) is 11.2 Å². The third kappa shape index (κ3) is 4.35. The zero-order valence-corrected chi connectivity index (χ0v) is 19.5. The molecule has 0 spiro atoms. The van der Waals surface area contributed by atoms with Crippen LogP contribution in [0.2, 0.25) is 5.02 Å². The Labute approximate surface area is 185 Å². The third-order valence-electron chi connectivity index (χ3n) is 7.64. The zero-order valence-electron chi connectivity index (χ0n) is 18.7. The van der Waals surface area contributed by atoms with Crippen molar-refractivity contribution in [3.63, 3.8) is 0 Å². The molecule has 1 aromatic rings. The summed E-state index contributed by atoms with van der Waals surface area (Å²) in [6.45, 7) is 10.5. The Bertz CT molecular complexity index is 819. The molecule has 4 nitrogen and oxygen atoms in total. The van der Waals surface area contributed by atoms with Gasteiger partial charge in [0.25, 0.3) is 0 Å². The predicted octanol–water partition coefficient (Wildman–Crippen LogP) is 5.91. The summed E-state index contributed by atoms with van der Waals surface area (Å²) in [5.74, 6) is 1.58. The van der Waals surface area contributed by atoms with Gasteiger partial charge < -0.3 is 14.6 Å². The molecule has 1 amide bonds. The van der Waals surface area contributed by atoms with Crippen molar-refractivity contribution in [1.29, 1.82) is 0 Å². The number of anilines is 1. The summed E-state index contributed by atoms with van der Waals surface area (Å²) in [7, 11) is -0.234. The molecular formula is C24H33BClNO3. The minimum Gasteiger partial charge on any atom is -0.400 e. The molecule has 1 saturated heterocycles. The summed E-state index contributed by atoms with van der Waals surface area (Å²) in [5, 5.41) is 3.72. The highest BCUT2D eigenvalue weighted by Gasteiger charge is 2.53. The minimum atomic E-state index is -0.304. The van der Waals surface area contributed by atoms with Crippen LogP contribution in [0.1, 0.15) is 60.3 Å². The molecule has 1 aromatic carbocycles. The van der Waals surface area contributed by atoms with E-state index in [4.69, 9.17) is 20.9 Å². The van der Waals surface area contributed by atoms with Crippen LogP contribution in [0.5, 0.6) is 0 Å². The Hall–Kier alpha value is -1.30. The monoisotopic (exact) mass is 429 g/mol. The zero-order chi connectivity index (χ0) is 21.7. The summed E-state index contributed by atoms with van der Waals surface area (Å²) in [6, 6.07) is 7.30. The Morgan fingerprint density at radius 1 is 1.10 bits per heavy atom. The van der Waals surface area contributed by atoms with E-state index in [2.05, 4.69) is 46.0 Å². The van der Waals surface area contributed by atoms with Crippen LogP contribution in [0.4, 0.5) is 5.69 Å². The third-order valence-corrected chi connectivity index (χ3v) is 7.89. The van der Waals surface area contributed by atoms with Crippen molar-refractivity contribution < 1.29 is 14.1 Å². The lowest BCUT2D eigenvalue weighted by Crippen LogP contribution is -2.41. The van der Waals surface area contributed by atoms with Crippen LogP contribution in [0.25, 0.3) is 0 Å². The standard InChI is InChI=1S/C24H33BClNO3/c1-15(22(28)27-21-8-6-20(26)7-9-21)18-11-16-10-17(12-18)14-19(13-16)25-29-23(2,3)24(4,5)30-25/h6-9,13,15-18H,10-12,14H2,1-5H3,(H,27,28). The first-order chi connectivity index (χ1) is 14.0. The maximum atomic E-state index is 12.8. The van der Waals surface area contributed by atoms with Gasteiger partial charge in [-0.15, -0.1) is 0 Å². The molecule has 2 fully saturated rings. The number of amides is 1. The second-order valence-corrected chi connectivity index (χ2v) is 10.8. The first-order valence-electron chi connectivity index (χ1n) is 11.2. The van der Waals surface area contributed by atoms with E-state index in [1.807, 2.05) is 12.1 Å². The highest BCUT2D eigenvalue weighted by Crippen LogP contribution is 2.47. The number of fused-ring (bicyclic) bond motifs is 2. The first-order valence-corrected chi connectivity index (χ1v) is 11.5. The lowest BCUT2D eigenvalue weighted by Gasteiger charge is -2.40. The topological polar surface area (TPSA) is 47.6 Å². The van der Waals surface area contributed by atoms with Crippen molar-refractivity contribution in [3.8, 4) is 0 Å². The number of halogens is 1. The van der Waals surface area contributed by atoms with Crippen LogP contribution in [0.15, 0.2) is 35.8 Å². The molecule has 3 aliphatic rings. The molecule has 1 saturated carbocycles. The molecule has 0 aromatic heterocycles. The maximum Gasteiger partial charge on any atom is 0.490 e. The summed E-state index contributed by atoms with van der Waals surface area (Å²) in [6.07, 6.45) is 6.74. The van der Waals surface area contributed by atoms with Crippen molar-refractivity contribution in [3.05, 3.63) is 40.8 Å². The molecule has 30 heavy (non-hydrogen) atoms. The Morgan fingerprint density at radius 3 is 2.33 bits per heavy atom. The number of benzene rings is 1. The van der Waals surface area contributed by atoms with Gasteiger partial charge in [-0.2, -0.15) is 0 Å². The normalized spacial score (nSPS) is 30.5. The fraction of sp³-hybridized carbons (Fsp3) is 0.625. The summed E-state index contributed by atoms with van der Waals surface area (Å²) in [4.78, 5) is 12.8. The van der Waals surface area contributed by atoms with E-state index >= 15 is 0 Å². The van der Waals surface area contributed by atoms with E-state index in [1.165, 1.54) is 11.9 Å². The predicted molar refractivity (Wildman–Crippen MR) is 122 cm³/mol. The summed E-state index contributed by atoms with van der Waals surface area (Å²) < 4.78 is 12.6. The number of carbonyl (C=O) groups excluding carboxylic acids is 1.